The van der Waals surface area contributed by atoms with Crippen molar-refractivity contribution in [3.05, 3.63) is 81.9 Å². The van der Waals surface area contributed by atoms with Crippen molar-refractivity contribution in [1.82, 2.24) is 14.9 Å². The summed E-state index contributed by atoms with van der Waals surface area (Å²) in [6, 6.07) is 6.93. The quantitative estimate of drug-likeness (QED) is 0.313. The Morgan fingerprint density at radius 1 is 1.11 bits per heavy atom. The molecule has 0 spiro atoms. The molecule has 2 aromatic heterocycles. The molecule has 2 aliphatic heterocycles. The van der Waals surface area contributed by atoms with E-state index in [9.17, 15) is 30.8 Å². The summed E-state index contributed by atoms with van der Waals surface area (Å²) in [6.45, 7) is 0. The van der Waals surface area contributed by atoms with E-state index in [0.29, 0.717) is 39.7 Å². The maximum atomic E-state index is 15.6. The third-order valence-corrected chi connectivity index (χ3v) is 10.8. The highest BCUT2D eigenvalue weighted by Gasteiger charge is 2.35. The third kappa shape index (κ3) is 5.63. The van der Waals surface area contributed by atoms with E-state index in [1.54, 1.807) is 42.5 Å². The number of rotatable bonds is 7. The first-order valence-electron chi connectivity index (χ1n) is 14.0. The number of carbonyl (C=O) groups excluding carboxylic acids is 1. The first-order chi connectivity index (χ1) is 20.7. The van der Waals surface area contributed by atoms with Gasteiger partial charge in [0.25, 0.3) is 5.56 Å². The summed E-state index contributed by atoms with van der Waals surface area (Å²) in [5.41, 5.74) is 2.65. The fourth-order valence-electron chi connectivity index (χ4n) is 6.30. The molecule has 10 nitrogen and oxygen atoms in total. The maximum Gasteiger partial charge on any atom is 0.274 e. The Hall–Kier alpha value is -4.04. The molecule has 2 N–H and O–H groups in total. The van der Waals surface area contributed by atoms with E-state index in [-0.39, 0.29) is 52.8 Å². The average molecular weight is 645 g/mol. The van der Waals surface area contributed by atoms with Gasteiger partial charge in [-0.3, -0.25) is 9.59 Å². The van der Waals surface area contributed by atoms with Gasteiger partial charge >= 0.3 is 0 Å². The molecular formula is C30H30F2N4O6S2. The largest absolute Gasteiger partial charge is 0.356 e. The average Bonchev–Trinajstić information content (AvgIpc) is 3.49. The number of H-pyrrole nitrogens is 1. The minimum Gasteiger partial charge on any atom is -0.356 e. The summed E-state index contributed by atoms with van der Waals surface area (Å²) in [6.07, 6.45) is 4.78. The highest BCUT2D eigenvalue weighted by Crippen LogP contribution is 2.50. The van der Waals surface area contributed by atoms with Gasteiger partial charge < -0.3 is 19.8 Å². The minimum atomic E-state index is -3.41. The number of anilines is 2. The summed E-state index contributed by atoms with van der Waals surface area (Å²) < 4.78 is 79.3. The molecule has 0 bridgehead atoms. The van der Waals surface area contributed by atoms with Gasteiger partial charge in [0.2, 0.25) is 5.91 Å². The Balaban J connectivity index is 1.53. The molecule has 4 heterocycles. The summed E-state index contributed by atoms with van der Waals surface area (Å²) in [4.78, 5) is 31.0. The molecular weight excluding hydrogens is 614 g/mol. The van der Waals surface area contributed by atoms with Crippen molar-refractivity contribution < 1.29 is 30.4 Å². The number of hydrogen-bond donors (Lipinski definition) is 2. The normalized spacial score (nSPS) is 19.1. The van der Waals surface area contributed by atoms with Gasteiger partial charge in [0, 0.05) is 72.0 Å². The summed E-state index contributed by atoms with van der Waals surface area (Å²) >= 11 is 0. The molecule has 4 aromatic rings. The van der Waals surface area contributed by atoms with Crippen LogP contribution in [0, 0.1) is 11.6 Å². The first kappa shape index (κ1) is 30.0. The van der Waals surface area contributed by atoms with Crippen LogP contribution in [0.15, 0.2) is 53.6 Å². The number of carbonyl (C=O) groups is 1. The number of halogens is 2. The van der Waals surface area contributed by atoms with Crippen LogP contribution in [0.25, 0.3) is 22.0 Å². The van der Waals surface area contributed by atoms with Gasteiger partial charge in [-0.1, -0.05) is 6.07 Å². The Morgan fingerprint density at radius 3 is 2.55 bits per heavy atom. The lowest BCUT2D eigenvalue weighted by Crippen LogP contribution is -2.36. The standard InChI is InChI=1S/C30H30F2N4O6S2/c1-35-14-22-20-11-17(15-43(2,39)40)3-5-24(20)36(26-6-4-18(31)12-23(26)32)25(21-13-33-29(28(21)22)30(35)38)7-8-27(37)34-19-9-10-44(41,42)16-19/h3-6,11-14,19,25,33H,7-10,15-16H2,1-2H3,(H,34,37). The van der Waals surface area contributed by atoms with Crippen LogP contribution >= 0.6 is 0 Å². The Labute approximate surface area is 252 Å². The monoisotopic (exact) mass is 644 g/mol. The van der Waals surface area contributed by atoms with E-state index in [4.69, 9.17) is 0 Å². The van der Waals surface area contributed by atoms with Crippen LogP contribution in [-0.4, -0.2) is 56.1 Å². The van der Waals surface area contributed by atoms with Gasteiger partial charge in [0.1, 0.15) is 17.2 Å². The topological polar surface area (TPSA) is 138 Å². The number of hydrogen-bond acceptors (Lipinski definition) is 7. The van der Waals surface area contributed by atoms with Gasteiger partial charge in [-0.25, -0.2) is 25.6 Å². The summed E-state index contributed by atoms with van der Waals surface area (Å²) in [5.74, 6) is -2.38. The van der Waals surface area contributed by atoms with Crippen molar-refractivity contribution in [2.45, 2.75) is 37.1 Å². The molecule has 2 unspecified atom stereocenters. The highest BCUT2D eigenvalue weighted by molar-refractivity contribution is 7.91. The zero-order valence-electron chi connectivity index (χ0n) is 23.9. The minimum absolute atomic E-state index is 0.00334. The van der Waals surface area contributed by atoms with Crippen molar-refractivity contribution in [3.8, 4) is 11.1 Å². The maximum absolute atomic E-state index is 15.6. The zero-order chi connectivity index (χ0) is 31.6. The third-order valence-electron chi connectivity index (χ3n) is 8.16. The zero-order valence-corrected chi connectivity index (χ0v) is 25.6. The second kappa shape index (κ2) is 10.8. The smallest absolute Gasteiger partial charge is 0.274 e. The number of fused-ring (bicyclic) bond motifs is 2. The number of benzene rings is 2. The van der Waals surface area contributed by atoms with Crippen LogP contribution in [0.2, 0.25) is 0 Å². The number of sulfone groups is 2. The number of nitrogens with one attached hydrogen (secondary N) is 2. The van der Waals surface area contributed by atoms with E-state index >= 15 is 4.39 Å². The lowest BCUT2D eigenvalue weighted by atomic mass is 9.97. The lowest BCUT2D eigenvalue weighted by molar-refractivity contribution is -0.121. The van der Waals surface area contributed by atoms with Crippen molar-refractivity contribution in [2.75, 3.05) is 22.7 Å². The van der Waals surface area contributed by atoms with E-state index in [2.05, 4.69) is 10.3 Å². The lowest BCUT2D eigenvalue weighted by Gasteiger charge is -2.34. The van der Waals surface area contributed by atoms with Gasteiger partial charge in [-0.15, -0.1) is 0 Å². The van der Waals surface area contributed by atoms with Crippen molar-refractivity contribution in [1.29, 1.82) is 0 Å². The number of amides is 1. The van der Waals surface area contributed by atoms with Crippen molar-refractivity contribution >= 4 is 47.9 Å². The van der Waals surface area contributed by atoms with Gasteiger partial charge in [0.05, 0.1) is 29.0 Å². The molecule has 1 saturated heterocycles. The SMILES string of the molecule is Cn1cc2c3c(c[nH]c3c1=O)C(CCC(=O)NC1CCS(=O)(=O)C1)N(c1ccc(F)cc1F)c1ccc(CS(C)(=O)=O)cc1-2. The van der Waals surface area contributed by atoms with Crippen molar-refractivity contribution in [3.63, 3.8) is 0 Å². The predicted molar refractivity (Wildman–Crippen MR) is 163 cm³/mol. The predicted octanol–water partition coefficient (Wildman–Crippen LogP) is 3.63. The number of aryl methyl sites for hydroxylation is 1. The molecule has 2 aliphatic rings. The molecule has 44 heavy (non-hydrogen) atoms. The summed E-state index contributed by atoms with van der Waals surface area (Å²) in [7, 11) is -5.03. The Morgan fingerprint density at radius 2 is 1.86 bits per heavy atom. The van der Waals surface area contributed by atoms with Gasteiger partial charge in [-0.05, 0) is 42.7 Å². The fourth-order valence-corrected chi connectivity index (χ4v) is 8.76. The molecule has 0 aliphatic carbocycles. The number of nitrogens with zero attached hydrogens (tertiary/aromatic N) is 2. The van der Waals surface area contributed by atoms with Crippen LogP contribution in [-0.2, 0) is 37.3 Å². The number of aromatic amines is 1. The molecule has 1 fully saturated rings. The van der Waals surface area contributed by atoms with E-state index < -0.39 is 43.4 Å². The van der Waals surface area contributed by atoms with Crippen LogP contribution < -0.4 is 15.8 Å². The fraction of sp³-hybridized carbons (Fsp3) is 0.333. The molecule has 6 rings (SSSR count). The van der Waals surface area contributed by atoms with Crippen LogP contribution in [0.3, 0.4) is 0 Å². The van der Waals surface area contributed by atoms with Crippen molar-refractivity contribution in [2.24, 2.45) is 7.05 Å². The molecule has 1 amide bonds. The van der Waals surface area contributed by atoms with Crippen LogP contribution in [0.4, 0.5) is 20.2 Å². The molecule has 2 atom stereocenters. The first-order valence-corrected chi connectivity index (χ1v) is 17.8. The second-order valence-electron chi connectivity index (χ2n) is 11.6. The van der Waals surface area contributed by atoms with Crippen LogP contribution in [0.1, 0.15) is 36.4 Å². The van der Waals surface area contributed by atoms with E-state index in [0.717, 1.165) is 18.4 Å². The molecule has 0 saturated carbocycles. The molecule has 232 valence electrons. The second-order valence-corrected chi connectivity index (χ2v) is 15.9. The summed E-state index contributed by atoms with van der Waals surface area (Å²) in [5, 5.41) is 3.33. The number of pyridine rings is 1. The highest BCUT2D eigenvalue weighted by atomic mass is 32.2. The molecule has 14 heteroatoms. The molecule has 0 radical (unpaired) electrons. The molecule has 2 aromatic carbocycles. The van der Waals surface area contributed by atoms with E-state index in [1.165, 1.54) is 10.6 Å². The Bertz CT molecular complexity index is 2110. The Kier molecular flexibility index (Phi) is 7.39. The van der Waals surface area contributed by atoms with Gasteiger partial charge in [0.15, 0.2) is 19.7 Å². The van der Waals surface area contributed by atoms with Gasteiger partial charge in [-0.2, -0.15) is 0 Å². The van der Waals surface area contributed by atoms with E-state index in [1.807, 2.05) is 0 Å². The van der Waals surface area contributed by atoms with Crippen LogP contribution in [0.5, 0.6) is 0 Å². The number of aromatic nitrogens is 2.